The van der Waals surface area contributed by atoms with Crippen LogP contribution in [0.5, 0.6) is 0 Å². The van der Waals surface area contributed by atoms with Crippen LogP contribution >= 0.6 is 0 Å². The Balaban J connectivity index is 2.15. The SMILES string of the molecule is CNC(=O)NC(=O)[C@H]([NH2+]Cc1ccccc1C)c1ccccc1. The van der Waals surface area contributed by atoms with E-state index in [0.29, 0.717) is 6.54 Å². The molecule has 0 aliphatic heterocycles. The summed E-state index contributed by atoms with van der Waals surface area (Å²) in [6.07, 6.45) is 0. The fourth-order valence-electron chi connectivity index (χ4n) is 2.39. The summed E-state index contributed by atoms with van der Waals surface area (Å²) in [6, 6.07) is 16.5. The van der Waals surface area contributed by atoms with Gasteiger partial charge in [-0.05, 0) is 12.5 Å². The molecule has 0 spiro atoms. The van der Waals surface area contributed by atoms with Crippen LogP contribution in [-0.2, 0) is 11.3 Å². The lowest BCUT2D eigenvalue weighted by Crippen LogP contribution is -2.86. The number of hydrogen-bond donors (Lipinski definition) is 3. The maximum absolute atomic E-state index is 12.4. The van der Waals surface area contributed by atoms with Crippen molar-refractivity contribution < 1.29 is 14.9 Å². The lowest BCUT2D eigenvalue weighted by molar-refractivity contribution is -0.698. The van der Waals surface area contributed by atoms with E-state index in [1.165, 1.54) is 18.2 Å². The Morgan fingerprint density at radius 1 is 1.04 bits per heavy atom. The van der Waals surface area contributed by atoms with Gasteiger partial charge in [-0.25, -0.2) is 4.79 Å². The topological polar surface area (TPSA) is 74.8 Å². The van der Waals surface area contributed by atoms with Crippen molar-refractivity contribution in [1.82, 2.24) is 10.6 Å². The van der Waals surface area contributed by atoms with Crippen molar-refractivity contribution in [2.45, 2.75) is 19.5 Å². The minimum absolute atomic E-state index is 0.330. The molecule has 0 unspecified atom stereocenters. The van der Waals surface area contributed by atoms with Crippen LogP contribution in [0.2, 0.25) is 0 Å². The van der Waals surface area contributed by atoms with Crippen molar-refractivity contribution >= 4 is 11.9 Å². The molecule has 0 aliphatic carbocycles. The quantitative estimate of drug-likeness (QED) is 0.777. The number of hydrogen-bond acceptors (Lipinski definition) is 2. The summed E-state index contributed by atoms with van der Waals surface area (Å²) in [5.74, 6) is -0.330. The van der Waals surface area contributed by atoms with Gasteiger partial charge in [0.05, 0.1) is 0 Å². The summed E-state index contributed by atoms with van der Waals surface area (Å²) in [4.78, 5) is 23.8. The van der Waals surface area contributed by atoms with Gasteiger partial charge < -0.3 is 10.6 Å². The number of carbonyl (C=O) groups excluding carboxylic acids is 2. The van der Waals surface area contributed by atoms with Crippen LogP contribution in [0, 0.1) is 6.92 Å². The van der Waals surface area contributed by atoms with Crippen LogP contribution in [0.4, 0.5) is 4.79 Å². The predicted molar refractivity (Wildman–Crippen MR) is 88.6 cm³/mol. The van der Waals surface area contributed by atoms with E-state index < -0.39 is 12.1 Å². The van der Waals surface area contributed by atoms with Gasteiger partial charge in [0.25, 0.3) is 5.91 Å². The first-order valence-corrected chi connectivity index (χ1v) is 7.57. The zero-order valence-electron chi connectivity index (χ0n) is 13.4. The number of imide groups is 1. The van der Waals surface area contributed by atoms with Crippen molar-refractivity contribution in [3.63, 3.8) is 0 Å². The molecule has 0 bridgehead atoms. The van der Waals surface area contributed by atoms with E-state index in [1.807, 2.05) is 66.8 Å². The maximum Gasteiger partial charge on any atom is 0.321 e. The Labute approximate surface area is 136 Å². The van der Waals surface area contributed by atoms with Crippen molar-refractivity contribution in [2.24, 2.45) is 0 Å². The molecule has 0 aromatic heterocycles. The smallest absolute Gasteiger partial charge is 0.321 e. The highest BCUT2D eigenvalue weighted by atomic mass is 16.2. The van der Waals surface area contributed by atoms with Crippen molar-refractivity contribution in [1.29, 1.82) is 0 Å². The monoisotopic (exact) mass is 312 g/mol. The first-order valence-electron chi connectivity index (χ1n) is 7.57. The van der Waals surface area contributed by atoms with Crippen molar-refractivity contribution in [3.05, 3.63) is 71.3 Å². The second-order valence-corrected chi connectivity index (χ2v) is 5.32. The van der Waals surface area contributed by atoms with E-state index >= 15 is 0 Å². The first-order chi connectivity index (χ1) is 11.1. The minimum atomic E-state index is -0.500. The molecule has 2 aromatic rings. The molecule has 120 valence electrons. The van der Waals surface area contributed by atoms with Crippen LogP contribution < -0.4 is 16.0 Å². The Hall–Kier alpha value is -2.66. The maximum atomic E-state index is 12.4. The summed E-state index contributed by atoms with van der Waals surface area (Å²) < 4.78 is 0. The summed E-state index contributed by atoms with van der Waals surface area (Å²) in [7, 11) is 1.48. The highest BCUT2D eigenvalue weighted by molar-refractivity contribution is 5.96. The first kappa shape index (κ1) is 16.7. The fraction of sp³-hybridized carbons (Fsp3) is 0.222. The number of benzene rings is 2. The predicted octanol–water partition coefficient (Wildman–Crippen LogP) is 1.26. The molecule has 0 heterocycles. The lowest BCUT2D eigenvalue weighted by Gasteiger charge is -2.16. The Morgan fingerprint density at radius 2 is 1.70 bits per heavy atom. The lowest BCUT2D eigenvalue weighted by atomic mass is 10.0. The van der Waals surface area contributed by atoms with Crippen LogP contribution in [0.15, 0.2) is 54.6 Å². The second-order valence-electron chi connectivity index (χ2n) is 5.32. The van der Waals surface area contributed by atoms with Gasteiger partial charge in [-0.15, -0.1) is 0 Å². The molecule has 2 aromatic carbocycles. The summed E-state index contributed by atoms with van der Waals surface area (Å²) >= 11 is 0. The highest BCUT2D eigenvalue weighted by Crippen LogP contribution is 2.10. The van der Waals surface area contributed by atoms with E-state index in [1.54, 1.807) is 0 Å². The van der Waals surface area contributed by atoms with E-state index in [0.717, 1.165) is 5.56 Å². The zero-order valence-corrected chi connectivity index (χ0v) is 13.4. The summed E-state index contributed by atoms with van der Waals surface area (Å²) in [5.41, 5.74) is 3.21. The van der Waals surface area contributed by atoms with Crippen LogP contribution in [0.25, 0.3) is 0 Å². The Bertz CT molecular complexity index is 671. The van der Waals surface area contributed by atoms with Gasteiger partial charge in [0, 0.05) is 18.2 Å². The molecule has 0 aliphatic rings. The van der Waals surface area contributed by atoms with E-state index in [4.69, 9.17) is 0 Å². The normalized spacial score (nSPS) is 11.6. The molecule has 5 heteroatoms. The number of nitrogens with one attached hydrogen (secondary N) is 2. The van der Waals surface area contributed by atoms with Crippen molar-refractivity contribution in [3.8, 4) is 0 Å². The van der Waals surface area contributed by atoms with Gasteiger partial charge in [-0.3, -0.25) is 10.1 Å². The molecule has 2 rings (SSSR count). The highest BCUT2D eigenvalue weighted by Gasteiger charge is 2.25. The molecule has 5 nitrogen and oxygen atoms in total. The zero-order chi connectivity index (χ0) is 16.7. The number of urea groups is 1. The summed E-state index contributed by atoms with van der Waals surface area (Å²) in [5, 5.41) is 6.70. The summed E-state index contributed by atoms with van der Waals surface area (Å²) in [6.45, 7) is 2.71. The van der Waals surface area contributed by atoms with Crippen LogP contribution in [-0.4, -0.2) is 19.0 Å². The van der Waals surface area contributed by atoms with E-state index in [-0.39, 0.29) is 5.91 Å². The van der Waals surface area contributed by atoms with Gasteiger partial charge in [-0.1, -0.05) is 54.6 Å². The van der Waals surface area contributed by atoms with Crippen LogP contribution in [0.3, 0.4) is 0 Å². The Kier molecular flexibility index (Phi) is 5.88. The number of nitrogens with two attached hydrogens (primary N) is 1. The van der Waals surface area contributed by atoms with E-state index in [2.05, 4.69) is 10.6 Å². The molecule has 0 saturated carbocycles. The third-order valence-electron chi connectivity index (χ3n) is 3.74. The van der Waals surface area contributed by atoms with Gasteiger partial charge in [0.15, 0.2) is 6.04 Å². The third kappa shape index (κ3) is 4.66. The van der Waals surface area contributed by atoms with Crippen molar-refractivity contribution in [2.75, 3.05) is 7.05 Å². The molecule has 1 atom stereocenters. The third-order valence-corrected chi connectivity index (χ3v) is 3.74. The number of amides is 3. The largest absolute Gasteiger partial charge is 0.341 e. The van der Waals surface area contributed by atoms with E-state index in [9.17, 15) is 9.59 Å². The second kappa shape index (κ2) is 8.10. The Morgan fingerprint density at radius 3 is 2.35 bits per heavy atom. The minimum Gasteiger partial charge on any atom is -0.341 e. The standard InChI is InChI=1S/C18H21N3O2/c1-13-8-6-7-11-15(13)12-20-16(14-9-4-3-5-10-14)17(22)21-18(23)19-2/h3-11,16,20H,12H2,1-2H3,(H2,19,21,22,23)/p+1/t16-/m1/s1. The average Bonchev–Trinajstić information content (AvgIpc) is 2.57. The molecule has 0 radical (unpaired) electrons. The number of rotatable bonds is 5. The van der Waals surface area contributed by atoms with Gasteiger partial charge in [0.2, 0.25) is 0 Å². The van der Waals surface area contributed by atoms with Gasteiger partial charge >= 0.3 is 6.03 Å². The molecular formula is C18H22N3O2+. The van der Waals surface area contributed by atoms with Gasteiger partial charge in [-0.2, -0.15) is 0 Å². The molecular weight excluding hydrogens is 290 g/mol. The average molecular weight is 312 g/mol. The van der Waals surface area contributed by atoms with Crippen LogP contribution in [0.1, 0.15) is 22.7 Å². The number of quaternary nitrogens is 1. The number of aryl methyl sites for hydroxylation is 1. The number of carbonyl (C=O) groups is 2. The molecule has 0 saturated heterocycles. The molecule has 0 fully saturated rings. The molecule has 23 heavy (non-hydrogen) atoms. The molecule has 4 N–H and O–H groups in total. The van der Waals surface area contributed by atoms with Gasteiger partial charge in [0.1, 0.15) is 6.54 Å². The molecule has 3 amide bonds. The fourth-order valence-corrected chi connectivity index (χ4v) is 2.39.